The Bertz CT molecular complexity index is 2360. The molecular formula is C33H29ClF6N8O3S. The van der Waals surface area contributed by atoms with E-state index in [0.29, 0.717) is 28.2 Å². The Labute approximate surface area is 297 Å². The van der Waals surface area contributed by atoms with Crippen molar-refractivity contribution in [2.75, 3.05) is 16.7 Å². The predicted molar refractivity (Wildman–Crippen MR) is 179 cm³/mol. The fraction of sp³-hybridized carbons (Fsp3) is 0.333. The Balaban J connectivity index is 1.33. The lowest BCUT2D eigenvalue weighted by molar-refractivity contribution is -0.123. The lowest BCUT2D eigenvalue weighted by Gasteiger charge is -2.34. The molecule has 2 aliphatic rings. The highest BCUT2D eigenvalue weighted by Gasteiger charge is 2.62. The molecule has 52 heavy (non-hydrogen) atoms. The normalized spacial score (nSPS) is 18.3. The molecule has 274 valence electrons. The van der Waals surface area contributed by atoms with Crippen LogP contribution in [0.2, 0.25) is 5.02 Å². The summed E-state index contributed by atoms with van der Waals surface area (Å²) < 4.78 is 116. The van der Waals surface area contributed by atoms with Gasteiger partial charge in [0.15, 0.2) is 5.82 Å². The Kier molecular flexibility index (Phi) is 8.67. The number of pyridine rings is 1. The Morgan fingerprint density at radius 2 is 1.79 bits per heavy atom. The van der Waals surface area contributed by atoms with Crippen LogP contribution in [0, 0.1) is 17.6 Å². The molecule has 3 aromatic heterocycles. The second-order valence-electron chi connectivity index (χ2n) is 13.0. The van der Waals surface area contributed by atoms with E-state index in [2.05, 4.69) is 25.2 Å². The number of fused-ring (bicyclic) bond motifs is 4. The number of aromatic nitrogens is 5. The van der Waals surface area contributed by atoms with Crippen LogP contribution < -0.4 is 15.8 Å². The molecule has 0 aliphatic heterocycles. The monoisotopic (exact) mass is 766 g/mol. The van der Waals surface area contributed by atoms with E-state index in [1.54, 1.807) is 6.07 Å². The molecule has 2 aliphatic carbocycles. The van der Waals surface area contributed by atoms with Crippen LogP contribution in [0.3, 0.4) is 0 Å². The molecule has 0 bridgehead atoms. The topological polar surface area (TPSA) is 150 Å². The molecule has 19 heteroatoms. The predicted octanol–water partition coefficient (Wildman–Crippen LogP) is 6.35. The zero-order chi connectivity index (χ0) is 37.4. The zero-order valence-electron chi connectivity index (χ0n) is 27.3. The highest BCUT2D eigenvalue weighted by Crippen LogP contribution is 2.63. The van der Waals surface area contributed by atoms with Crippen LogP contribution in [0.1, 0.15) is 59.4 Å². The quantitative estimate of drug-likeness (QED) is 0.140. The number of nitrogens with zero attached hydrogens (tertiary/aromatic N) is 5. The number of hydrogen-bond acceptors (Lipinski definition) is 7. The lowest BCUT2D eigenvalue weighted by atomic mass is 9.73. The van der Waals surface area contributed by atoms with Gasteiger partial charge in [0.25, 0.3) is 12.3 Å². The minimum absolute atomic E-state index is 0.0782. The number of alkyl halides is 4. The number of nitrogens with one attached hydrogen (secondary N) is 2. The average molecular weight is 767 g/mol. The fourth-order valence-corrected chi connectivity index (χ4v) is 8.06. The maximum atomic E-state index is 15.5. The molecule has 5 aromatic rings. The minimum Gasteiger partial charge on any atom is -0.397 e. The summed E-state index contributed by atoms with van der Waals surface area (Å²) in [5.41, 5.74) is 5.68. The number of nitrogen functional groups attached to an aromatic ring is 1. The summed E-state index contributed by atoms with van der Waals surface area (Å²) in [7, 11) is -2.27. The first-order valence-electron chi connectivity index (χ1n) is 15.8. The summed E-state index contributed by atoms with van der Waals surface area (Å²) in [6.45, 7) is -0.879. The summed E-state index contributed by atoms with van der Waals surface area (Å²) in [5, 5.41) is 11.1. The van der Waals surface area contributed by atoms with Crippen LogP contribution >= 0.6 is 11.6 Å². The van der Waals surface area contributed by atoms with Gasteiger partial charge in [-0.15, -0.1) is 0 Å². The molecule has 0 saturated heterocycles. The van der Waals surface area contributed by atoms with Crippen LogP contribution in [-0.4, -0.2) is 45.1 Å². The van der Waals surface area contributed by atoms with Crippen molar-refractivity contribution in [3.63, 3.8) is 0 Å². The number of carbonyl (C=O) groups is 1. The van der Waals surface area contributed by atoms with Crippen molar-refractivity contribution in [3.8, 4) is 11.1 Å². The van der Waals surface area contributed by atoms with Crippen molar-refractivity contribution in [2.45, 2.75) is 50.1 Å². The van der Waals surface area contributed by atoms with Crippen LogP contribution in [0.15, 0.2) is 42.6 Å². The molecule has 0 radical (unpaired) electrons. The third kappa shape index (κ3) is 6.20. The van der Waals surface area contributed by atoms with Crippen molar-refractivity contribution < 1.29 is 39.6 Å². The van der Waals surface area contributed by atoms with Crippen molar-refractivity contribution >= 4 is 49.9 Å². The highest BCUT2D eigenvalue weighted by molar-refractivity contribution is 7.92. The molecular weight excluding hydrogens is 738 g/mol. The summed E-state index contributed by atoms with van der Waals surface area (Å²) >= 11 is 6.52. The van der Waals surface area contributed by atoms with E-state index in [1.807, 2.05) is 0 Å². The third-order valence-electron chi connectivity index (χ3n) is 9.42. The second kappa shape index (κ2) is 12.7. The van der Waals surface area contributed by atoms with Crippen LogP contribution in [0.4, 0.5) is 37.8 Å². The van der Waals surface area contributed by atoms with Gasteiger partial charge >= 0.3 is 0 Å². The molecule has 7 rings (SSSR count). The average Bonchev–Trinajstić information content (AvgIpc) is 3.57. The zero-order valence-corrected chi connectivity index (χ0v) is 28.8. The van der Waals surface area contributed by atoms with Gasteiger partial charge in [-0.05, 0) is 55.0 Å². The smallest absolute Gasteiger partial charge is 0.293 e. The molecule has 1 fully saturated rings. The summed E-state index contributed by atoms with van der Waals surface area (Å²) in [4.78, 5) is 18.2. The number of sulfonamides is 1. The Morgan fingerprint density at radius 3 is 2.42 bits per heavy atom. The number of rotatable bonds is 10. The van der Waals surface area contributed by atoms with Gasteiger partial charge in [0.05, 0.1) is 45.8 Å². The van der Waals surface area contributed by atoms with E-state index in [-0.39, 0.29) is 57.1 Å². The molecule has 3 atom stereocenters. The maximum absolute atomic E-state index is 15.5. The molecule has 1 amide bonds. The van der Waals surface area contributed by atoms with E-state index in [0.717, 1.165) is 18.4 Å². The number of benzene rings is 2. The number of hydrogen-bond donors (Lipinski definition) is 3. The molecule has 0 unspecified atom stereocenters. The lowest BCUT2D eigenvalue weighted by Crippen LogP contribution is -2.36. The first kappa shape index (κ1) is 35.6. The van der Waals surface area contributed by atoms with Gasteiger partial charge in [-0.1, -0.05) is 17.7 Å². The maximum Gasteiger partial charge on any atom is 0.293 e. The first-order valence-corrected chi connectivity index (χ1v) is 18.1. The largest absolute Gasteiger partial charge is 0.397 e. The van der Waals surface area contributed by atoms with E-state index in [1.165, 1.54) is 30.1 Å². The fourth-order valence-electron chi connectivity index (χ4n) is 7.33. The SMILES string of the molecule is Cn1nc(NS(C)(=O)=O)c2c(Cl)ccc(-c3cc(N)cnc3[C@H](Cc3cc(F)cc(F)c3)NC(=O)Cn3nc(C(F)F)c4c3C(F)(F)[C@@H]3CC[C@H]43)c21. The number of carbonyl (C=O) groups excluding carboxylic acids is 1. The second-order valence-corrected chi connectivity index (χ2v) is 15.1. The molecule has 1 saturated carbocycles. The van der Waals surface area contributed by atoms with Crippen LogP contribution in [-0.2, 0) is 40.8 Å². The molecule has 4 N–H and O–H groups in total. The first-order chi connectivity index (χ1) is 24.4. The van der Waals surface area contributed by atoms with Crippen LogP contribution in [0.5, 0.6) is 0 Å². The number of anilines is 2. The molecule has 2 aromatic carbocycles. The van der Waals surface area contributed by atoms with Crippen molar-refractivity contribution in [3.05, 3.63) is 87.5 Å². The van der Waals surface area contributed by atoms with Crippen molar-refractivity contribution in [1.29, 1.82) is 0 Å². The van der Waals surface area contributed by atoms with Gasteiger partial charge in [-0.2, -0.15) is 19.0 Å². The third-order valence-corrected chi connectivity index (χ3v) is 10.3. The standard InChI is InChI=1S/C33H29ClF6N8O3S/c1-47-29-18(4-6-22(34)26(29)32(45-47)46-52(2,50)51)20-11-17(41)12-42-27(20)23(9-14-7-15(35)10-16(36)8-14)43-24(49)13-48-30-25(28(44-48)31(37)38)19-3-5-21(19)33(30,39)40/h4,6-8,10-12,19,21,23,31H,3,5,9,13,41H2,1-2H3,(H,43,49)(H,45,46)/t19-,21+,23-/m0/s1. The summed E-state index contributed by atoms with van der Waals surface area (Å²) in [6, 6.07) is 6.05. The van der Waals surface area contributed by atoms with Crippen molar-refractivity contribution in [1.82, 2.24) is 29.9 Å². The van der Waals surface area contributed by atoms with Crippen molar-refractivity contribution in [2.24, 2.45) is 13.0 Å². The van der Waals surface area contributed by atoms with Gasteiger partial charge in [0, 0.05) is 35.7 Å². The van der Waals surface area contributed by atoms with E-state index in [9.17, 15) is 30.8 Å². The number of nitrogens with two attached hydrogens (primary N) is 1. The van der Waals surface area contributed by atoms with Gasteiger partial charge in [0.2, 0.25) is 15.9 Å². The Morgan fingerprint density at radius 1 is 1.08 bits per heavy atom. The summed E-state index contributed by atoms with van der Waals surface area (Å²) in [6.07, 6.45) is -0.800. The minimum atomic E-state index is -3.80. The summed E-state index contributed by atoms with van der Waals surface area (Å²) in [5.74, 6) is -8.28. The number of aryl methyl sites for hydroxylation is 1. The number of halogens is 7. The van der Waals surface area contributed by atoms with E-state index in [4.69, 9.17) is 17.3 Å². The van der Waals surface area contributed by atoms with E-state index < -0.39 is 75.7 Å². The highest BCUT2D eigenvalue weighted by atomic mass is 35.5. The van der Waals surface area contributed by atoms with Gasteiger partial charge < -0.3 is 11.1 Å². The molecule has 11 nitrogen and oxygen atoms in total. The number of amides is 1. The molecule has 0 spiro atoms. The molecule has 3 heterocycles. The van der Waals surface area contributed by atoms with Gasteiger partial charge in [-0.25, -0.2) is 26.0 Å². The Hall–Kier alpha value is -4.84. The van der Waals surface area contributed by atoms with Gasteiger partial charge in [0.1, 0.15) is 29.6 Å². The van der Waals surface area contributed by atoms with E-state index >= 15 is 8.78 Å². The van der Waals surface area contributed by atoms with Crippen LogP contribution in [0.25, 0.3) is 22.0 Å². The van der Waals surface area contributed by atoms with Gasteiger partial charge in [-0.3, -0.25) is 23.9 Å².